The van der Waals surface area contributed by atoms with E-state index in [-0.39, 0.29) is 0 Å². The molecule has 0 spiro atoms. The minimum atomic E-state index is 0.552. The molecule has 2 aromatic carbocycles. The highest BCUT2D eigenvalue weighted by atomic mass is 15.1. The van der Waals surface area contributed by atoms with Crippen molar-refractivity contribution in [3.8, 4) is 11.4 Å². The maximum absolute atomic E-state index is 4.69. The highest BCUT2D eigenvalue weighted by Gasteiger charge is 2.22. The smallest absolute Gasteiger partial charge is 0.163 e. The molecule has 1 heterocycles. The maximum Gasteiger partial charge on any atom is 0.163 e. The third kappa shape index (κ3) is 3.54. The van der Waals surface area contributed by atoms with Crippen molar-refractivity contribution in [2.45, 2.75) is 25.8 Å². The van der Waals surface area contributed by atoms with Crippen molar-refractivity contribution in [1.29, 1.82) is 0 Å². The van der Waals surface area contributed by atoms with Gasteiger partial charge >= 0.3 is 0 Å². The number of hydrogen-bond donors (Lipinski definition) is 2. The minimum Gasteiger partial charge on any atom is -0.367 e. The molecule has 1 saturated carbocycles. The Morgan fingerprint density at radius 2 is 1.58 bits per heavy atom. The standard InChI is InChI=1S/C20H20N4/c1-14-7-9-16(10-8-14)21-18-13-19(22-17-11-12-17)24-20(23-18)15-5-3-2-4-6-15/h2-10,13,17H,11-12H2,1H3,(H2,21,22,23,24). The fourth-order valence-corrected chi connectivity index (χ4v) is 2.52. The molecule has 1 aliphatic carbocycles. The van der Waals surface area contributed by atoms with Gasteiger partial charge in [0, 0.05) is 23.4 Å². The number of benzene rings is 2. The molecule has 0 bridgehead atoms. The molecule has 2 N–H and O–H groups in total. The number of aryl methyl sites for hydroxylation is 1. The van der Waals surface area contributed by atoms with Gasteiger partial charge in [0.25, 0.3) is 0 Å². The van der Waals surface area contributed by atoms with Crippen LogP contribution in [0.5, 0.6) is 0 Å². The summed E-state index contributed by atoms with van der Waals surface area (Å²) in [6.07, 6.45) is 2.43. The molecule has 1 fully saturated rings. The van der Waals surface area contributed by atoms with Gasteiger partial charge in [-0.1, -0.05) is 48.0 Å². The average Bonchev–Trinajstić information content (AvgIpc) is 3.42. The quantitative estimate of drug-likeness (QED) is 0.712. The van der Waals surface area contributed by atoms with E-state index in [9.17, 15) is 0 Å². The Morgan fingerprint density at radius 3 is 2.29 bits per heavy atom. The van der Waals surface area contributed by atoms with Crippen LogP contribution >= 0.6 is 0 Å². The number of hydrogen-bond acceptors (Lipinski definition) is 4. The molecule has 0 saturated heterocycles. The molecule has 0 aliphatic heterocycles. The maximum atomic E-state index is 4.69. The molecule has 4 rings (SSSR count). The monoisotopic (exact) mass is 316 g/mol. The molecule has 4 nitrogen and oxygen atoms in total. The molecule has 0 atom stereocenters. The highest BCUT2D eigenvalue weighted by molar-refractivity contribution is 5.65. The number of aromatic nitrogens is 2. The summed E-state index contributed by atoms with van der Waals surface area (Å²) >= 11 is 0. The van der Waals surface area contributed by atoms with Gasteiger partial charge in [-0.2, -0.15) is 0 Å². The average molecular weight is 316 g/mol. The molecule has 3 aromatic rings. The molecule has 1 aromatic heterocycles. The van der Waals surface area contributed by atoms with Gasteiger partial charge in [-0.05, 0) is 31.9 Å². The van der Waals surface area contributed by atoms with Gasteiger partial charge in [0.15, 0.2) is 5.82 Å². The first-order chi connectivity index (χ1) is 11.8. The van der Waals surface area contributed by atoms with Gasteiger partial charge in [0.2, 0.25) is 0 Å². The zero-order valence-electron chi connectivity index (χ0n) is 13.7. The van der Waals surface area contributed by atoms with Gasteiger partial charge in [0.05, 0.1) is 0 Å². The predicted octanol–water partition coefficient (Wildman–Crippen LogP) is 4.77. The summed E-state index contributed by atoms with van der Waals surface area (Å²) in [6, 6.07) is 20.9. The van der Waals surface area contributed by atoms with Crippen LogP contribution in [-0.4, -0.2) is 16.0 Å². The van der Waals surface area contributed by atoms with Crippen molar-refractivity contribution in [2.24, 2.45) is 0 Å². The van der Waals surface area contributed by atoms with Gasteiger partial charge in [-0.15, -0.1) is 0 Å². The first-order valence-corrected chi connectivity index (χ1v) is 8.31. The first-order valence-electron chi connectivity index (χ1n) is 8.31. The number of rotatable bonds is 5. The fourth-order valence-electron chi connectivity index (χ4n) is 2.52. The van der Waals surface area contributed by atoms with E-state index >= 15 is 0 Å². The number of nitrogens with one attached hydrogen (secondary N) is 2. The topological polar surface area (TPSA) is 49.8 Å². The Bertz CT molecular complexity index is 824. The summed E-state index contributed by atoms with van der Waals surface area (Å²) in [5, 5.41) is 6.85. The van der Waals surface area contributed by atoms with Crippen LogP contribution in [0.2, 0.25) is 0 Å². The molecule has 0 amide bonds. The summed E-state index contributed by atoms with van der Waals surface area (Å²) in [4.78, 5) is 9.36. The van der Waals surface area contributed by atoms with Crippen molar-refractivity contribution >= 4 is 17.3 Å². The normalized spacial score (nSPS) is 13.5. The zero-order valence-corrected chi connectivity index (χ0v) is 13.7. The summed E-state index contributed by atoms with van der Waals surface area (Å²) in [5.74, 6) is 2.41. The lowest BCUT2D eigenvalue weighted by atomic mass is 10.2. The SMILES string of the molecule is Cc1ccc(Nc2cc(NC3CC3)nc(-c3ccccc3)n2)cc1. The Balaban J connectivity index is 1.67. The second-order valence-electron chi connectivity index (χ2n) is 6.24. The lowest BCUT2D eigenvalue weighted by Crippen LogP contribution is -2.06. The fraction of sp³-hybridized carbons (Fsp3) is 0.200. The van der Waals surface area contributed by atoms with Crippen LogP contribution in [0.25, 0.3) is 11.4 Å². The van der Waals surface area contributed by atoms with Crippen molar-refractivity contribution in [1.82, 2.24) is 9.97 Å². The van der Waals surface area contributed by atoms with Crippen LogP contribution in [-0.2, 0) is 0 Å². The van der Waals surface area contributed by atoms with E-state index in [1.807, 2.05) is 36.4 Å². The van der Waals surface area contributed by atoms with Crippen LogP contribution < -0.4 is 10.6 Å². The van der Waals surface area contributed by atoms with E-state index in [2.05, 4.69) is 51.8 Å². The second-order valence-corrected chi connectivity index (χ2v) is 6.24. The zero-order chi connectivity index (χ0) is 16.4. The summed E-state index contributed by atoms with van der Waals surface area (Å²) in [6.45, 7) is 2.08. The Morgan fingerprint density at radius 1 is 0.875 bits per heavy atom. The van der Waals surface area contributed by atoms with E-state index in [1.165, 1.54) is 18.4 Å². The minimum absolute atomic E-state index is 0.552. The third-order valence-corrected chi connectivity index (χ3v) is 4.01. The van der Waals surface area contributed by atoms with E-state index in [0.717, 1.165) is 28.7 Å². The Kier molecular flexibility index (Phi) is 3.87. The molecule has 0 unspecified atom stereocenters. The Hall–Kier alpha value is -2.88. The lowest BCUT2D eigenvalue weighted by molar-refractivity contribution is 1.09. The number of nitrogens with zero attached hydrogens (tertiary/aromatic N) is 2. The summed E-state index contributed by atoms with van der Waals surface area (Å²) in [5.41, 5.74) is 3.28. The molecule has 4 heteroatoms. The lowest BCUT2D eigenvalue weighted by Gasteiger charge is -2.11. The molecule has 1 aliphatic rings. The van der Waals surface area contributed by atoms with E-state index in [0.29, 0.717) is 6.04 Å². The van der Waals surface area contributed by atoms with Crippen molar-refractivity contribution in [3.05, 3.63) is 66.2 Å². The number of anilines is 3. The van der Waals surface area contributed by atoms with Crippen LogP contribution in [0.3, 0.4) is 0 Å². The van der Waals surface area contributed by atoms with Gasteiger partial charge in [-0.25, -0.2) is 9.97 Å². The third-order valence-electron chi connectivity index (χ3n) is 4.01. The van der Waals surface area contributed by atoms with Crippen LogP contribution in [0.1, 0.15) is 18.4 Å². The van der Waals surface area contributed by atoms with E-state index in [1.54, 1.807) is 0 Å². The van der Waals surface area contributed by atoms with Crippen LogP contribution in [0.15, 0.2) is 60.7 Å². The summed E-state index contributed by atoms with van der Waals surface area (Å²) in [7, 11) is 0. The molecular formula is C20H20N4. The second kappa shape index (κ2) is 6.32. The largest absolute Gasteiger partial charge is 0.367 e. The molecule has 24 heavy (non-hydrogen) atoms. The Labute approximate surface area is 142 Å². The van der Waals surface area contributed by atoms with Gasteiger partial charge in [-0.3, -0.25) is 0 Å². The van der Waals surface area contributed by atoms with E-state index < -0.39 is 0 Å². The molecular weight excluding hydrogens is 296 g/mol. The highest BCUT2D eigenvalue weighted by Crippen LogP contribution is 2.27. The van der Waals surface area contributed by atoms with Crippen molar-refractivity contribution in [3.63, 3.8) is 0 Å². The van der Waals surface area contributed by atoms with Crippen LogP contribution in [0.4, 0.5) is 17.3 Å². The molecule has 120 valence electrons. The first kappa shape index (κ1) is 14.7. The predicted molar refractivity (Wildman–Crippen MR) is 98.6 cm³/mol. The van der Waals surface area contributed by atoms with E-state index in [4.69, 9.17) is 0 Å². The molecule has 0 radical (unpaired) electrons. The van der Waals surface area contributed by atoms with Crippen LogP contribution in [0, 0.1) is 6.92 Å². The van der Waals surface area contributed by atoms with Gasteiger partial charge < -0.3 is 10.6 Å². The summed E-state index contributed by atoms with van der Waals surface area (Å²) < 4.78 is 0. The van der Waals surface area contributed by atoms with Gasteiger partial charge in [0.1, 0.15) is 11.6 Å². The van der Waals surface area contributed by atoms with Crippen molar-refractivity contribution < 1.29 is 0 Å². The van der Waals surface area contributed by atoms with Crippen molar-refractivity contribution in [2.75, 3.05) is 10.6 Å².